The first-order chi connectivity index (χ1) is 8.70. The van der Waals surface area contributed by atoms with Crippen molar-refractivity contribution in [1.82, 2.24) is 9.97 Å². The maximum Gasteiger partial charge on any atom is 0.276 e. The van der Waals surface area contributed by atoms with Gasteiger partial charge in [0.05, 0.1) is 6.33 Å². The number of nitrogens with zero attached hydrogens (tertiary/aromatic N) is 1. The van der Waals surface area contributed by atoms with Gasteiger partial charge in [-0.3, -0.25) is 4.79 Å². The van der Waals surface area contributed by atoms with E-state index in [4.69, 9.17) is 5.73 Å². The summed E-state index contributed by atoms with van der Waals surface area (Å²) >= 11 is 0. The highest BCUT2D eigenvalue weighted by molar-refractivity contribution is 5.59. The van der Waals surface area contributed by atoms with Crippen molar-refractivity contribution in [3.8, 4) is 0 Å². The third-order valence-electron chi connectivity index (χ3n) is 3.77. The minimum Gasteiger partial charge on any atom is -0.391 e. The third kappa shape index (κ3) is 3.03. The Morgan fingerprint density at radius 3 is 2.83 bits per heavy atom. The van der Waals surface area contributed by atoms with Gasteiger partial charge in [0.1, 0.15) is 5.69 Å². The van der Waals surface area contributed by atoms with Gasteiger partial charge in [0.15, 0.2) is 5.82 Å². The second-order valence-electron chi connectivity index (χ2n) is 5.14. The number of nitrogens with two attached hydrogens (primary N) is 1. The first-order valence-corrected chi connectivity index (χ1v) is 6.80. The number of H-pyrrole nitrogens is 1. The summed E-state index contributed by atoms with van der Waals surface area (Å²) in [6.07, 6.45) is 8.79. The largest absolute Gasteiger partial charge is 0.391 e. The molecule has 1 fully saturated rings. The van der Waals surface area contributed by atoms with E-state index in [9.17, 15) is 4.79 Å². The second kappa shape index (κ2) is 5.89. The molecule has 1 aliphatic carbocycles. The Bertz CT molecular complexity index is 435. The molecule has 18 heavy (non-hydrogen) atoms. The normalized spacial score (nSPS) is 23.8. The molecule has 0 unspecified atom stereocenters. The van der Waals surface area contributed by atoms with Gasteiger partial charge < -0.3 is 16.0 Å². The van der Waals surface area contributed by atoms with E-state index >= 15 is 0 Å². The van der Waals surface area contributed by atoms with Crippen LogP contribution in [-0.2, 0) is 0 Å². The molecule has 1 heterocycles. The van der Waals surface area contributed by atoms with E-state index in [1.54, 1.807) is 0 Å². The van der Waals surface area contributed by atoms with Crippen LogP contribution in [0.4, 0.5) is 11.5 Å². The van der Waals surface area contributed by atoms with Crippen molar-refractivity contribution in [2.24, 2.45) is 5.92 Å². The Kier molecular flexibility index (Phi) is 4.23. The zero-order valence-electron chi connectivity index (χ0n) is 10.9. The summed E-state index contributed by atoms with van der Waals surface area (Å²) in [5, 5.41) is 3.30. The lowest BCUT2D eigenvalue weighted by molar-refractivity contribution is 0.318. The first kappa shape index (κ1) is 12.9. The second-order valence-corrected chi connectivity index (χ2v) is 5.14. The van der Waals surface area contributed by atoms with Crippen molar-refractivity contribution in [3.05, 3.63) is 16.7 Å². The van der Waals surface area contributed by atoms with Gasteiger partial charge in [-0.1, -0.05) is 19.8 Å². The van der Waals surface area contributed by atoms with Crippen LogP contribution >= 0.6 is 0 Å². The smallest absolute Gasteiger partial charge is 0.276 e. The van der Waals surface area contributed by atoms with Crippen LogP contribution < -0.4 is 16.6 Å². The molecule has 4 N–H and O–H groups in total. The number of hydrogen-bond acceptors (Lipinski definition) is 4. The molecule has 5 heteroatoms. The molecule has 5 nitrogen and oxygen atoms in total. The number of nitrogens with one attached hydrogen (secondary N) is 2. The molecule has 0 atom stereocenters. The zero-order valence-corrected chi connectivity index (χ0v) is 10.9. The molecule has 0 saturated heterocycles. The number of hydrogen-bond donors (Lipinski definition) is 3. The summed E-state index contributed by atoms with van der Waals surface area (Å²) < 4.78 is 0. The van der Waals surface area contributed by atoms with Crippen molar-refractivity contribution in [1.29, 1.82) is 0 Å². The van der Waals surface area contributed by atoms with Gasteiger partial charge in [-0.25, -0.2) is 4.98 Å². The van der Waals surface area contributed by atoms with Gasteiger partial charge in [0.2, 0.25) is 0 Å². The first-order valence-electron chi connectivity index (χ1n) is 6.80. The van der Waals surface area contributed by atoms with Crippen molar-refractivity contribution >= 4 is 11.5 Å². The summed E-state index contributed by atoms with van der Waals surface area (Å²) in [7, 11) is 0. The lowest BCUT2D eigenvalue weighted by atomic mass is 9.83. The molecule has 1 aromatic heterocycles. The number of aromatic amines is 1. The van der Waals surface area contributed by atoms with E-state index < -0.39 is 0 Å². The minimum absolute atomic E-state index is 0.188. The van der Waals surface area contributed by atoms with E-state index in [-0.39, 0.29) is 11.2 Å². The summed E-state index contributed by atoms with van der Waals surface area (Å²) in [4.78, 5) is 17.9. The topological polar surface area (TPSA) is 83.8 Å². The molecular weight excluding hydrogens is 228 g/mol. The molecule has 1 saturated carbocycles. The highest BCUT2D eigenvalue weighted by Gasteiger charge is 2.21. The fourth-order valence-electron chi connectivity index (χ4n) is 2.72. The van der Waals surface area contributed by atoms with Crippen molar-refractivity contribution in [2.75, 3.05) is 11.1 Å². The quantitative estimate of drug-likeness (QED) is 0.764. The van der Waals surface area contributed by atoms with Crippen LogP contribution in [0.2, 0.25) is 0 Å². The van der Waals surface area contributed by atoms with E-state index in [2.05, 4.69) is 22.2 Å². The number of rotatable bonds is 4. The van der Waals surface area contributed by atoms with Gasteiger partial charge in [-0.2, -0.15) is 0 Å². The van der Waals surface area contributed by atoms with Crippen LogP contribution in [0.5, 0.6) is 0 Å². The molecule has 0 radical (unpaired) electrons. The third-order valence-corrected chi connectivity index (χ3v) is 3.77. The number of anilines is 2. The van der Waals surface area contributed by atoms with Crippen LogP contribution in [0.1, 0.15) is 45.4 Å². The molecule has 0 aliphatic heterocycles. The molecule has 1 aromatic rings. The maximum absolute atomic E-state index is 11.4. The monoisotopic (exact) mass is 250 g/mol. The SMILES string of the molecule is CCCC1CCC(Nc2nc[nH]c(=O)c2N)CC1. The molecule has 0 aromatic carbocycles. The van der Waals surface area contributed by atoms with Crippen molar-refractivity contribution in [2.45, 2.75) is 51.5 Å². The molecular formula is C13H22N4O. The lowest BCUT2D eigenvalue weighted by Crippen LogP contribution is -2.28. The van der Waals surface area contributed by atoms with Crippen molar-refractivity contribution < 1.29 is 0 Å². The Labute approximate surface area is 107 Å². The predicted octanol–water partition coefficient (Wildman–Crippen LogP) is 2.12. The van der Waals surface area contributed by atoms with Gasteiger partial charge in [-0.15, -0.1) is 0 Å². The van der Waals surface area contributed by atoms with E-state index in [0.717, 1.165) is 18.8 Å². The highest BCUT2D eigenvalue weighted by Crippen LogP contribution is 2.29. The van der Waals surface area contributed by atoms with Crippen LogP contribution in [0.15, 0.2) is 11.1 Å². The average Bonchev–Trinajstić information content (AvgIpc) is 2.38. The number of nitrogen functional groups attached to an aromatic ring is 1. The Hall–Kier alpha value is -1.52. The highest BCUT2D eigenvalue weighted by atomic mass is 16.1. The summed E-state index contributed by atoms with van der Waals surface area (Å²) in [6.45, 7) is 2.24. The van der Waals surface area contributed by atoms with Gasteiger partial charge >= 0.3 is 0 Å². The van der Waals surface area contributed by atoms with Gasteiger partial charge in [0, 0.05) is 6.04 Å². The maximum atomic E-state index is 11.4. The van der Waals surface area contributed by atoms with E-state index in [1.807, 2.05) is 0 Å². The van der Waals surface area contributed by atoms with E-state index in [1.165, 1.54) is 32.0 Å². The average molecular weight is 250 g/mol. The molecule has 1 aliphatic rings. The van der Waals surface area contributed by atoms with Crippen LogP contribution in [-0.4, -0.2) is 16.0 Å². The molecule has 0 amide bonds. The molecule has 100 valence electrons. The lowest BCUT2D eigenvalue weighted by Gasteiger charge is -2.29. The Morgan fingerprint density at radius 2 is 2.17 bits per heavy atom. The van der Waals surface area contributed by atoms with Crippen molar-refractivity contribution in [3.63, 3.8) is 0 Å². The molecule has 2 rings (SSSR count). The molecule has 0 bridgehead atoms. The summed E-state index contributed by atoms with van der Waals surface area (Å²) in [6, 6.07) is 0.398. The standard InChI is InChI=1S/C13H22N4O/c1-2-3-9-4-6-10(7-5-9)17-12-11(14)13(18)16-8-15-12/h8-10H,2-7,14H2,1H3,(H2,15,16,17,18). The Balaban J connectivity index is 1.92. The summed E-state index contributed by atoms with van der Waals surface area (Å²) in [5.41, 5.74) is 5.62. The van der Waals surface area contributed by atoms with Gasteiger partial charge in [-0.05, 0) is 31.6 Å². The predicted molar refractivity (Wildman–Crippen MR) is 73.5 cm³/mol. The van der Waals surface area contributed by atoms with Crippen LogP contribution in [0, 0.1) is 5.92 Å². The molecule has 0 spiro atoms. The number of aromatic nitrogens is 2. The Morgan fingerprint density at radius 1 is 1.44 bits per heavy atom. The van der Waals surface area contributed by atoms with Crippen LogP contribution in [0.3, 0.4) is 0 Å². The van der Waals surface area contributed by atoms with Gasteiger partial charge in [0.25, 0.3) is 5.56 Å². The zero-order chi connectivity index (χ0) is 13.0. The fraction of sp³-hybridized carbons (Fsp3) is 0.692. The minimum atomic E-state index is -0.271. The fourth-order valence-corrected chi connectivity index (χ4v) is 2.72. The van der Waals surface area contributed by atoms with Crippen LogP contribution in [0.25, 0.3) is 0 Å². The summed E-state index contributed by atoms with van der Waals surface area (Å²) in [5.74, 6) is 1.40. The van der Waals surface area contributed by atoms with E-state index in [0.29, 0.717) is 11.9 Å².